The van der Waals surface area contributed by atoms with Gasteiger partial charge in [-0.2, -0.15) is 0 Å². The lowest BCUT2D eigenvalue weighted by molar-refractivity contribution is 0.362. The van der Waals surface area contributed by atoms with Gasteiger partial charge in [0.15, 0.2) is 0 Å². The third-order valence-electron chi connectivity index (χ3n) is 2.19. The van der Waals surface area contributed by atoms with E-state index in [1.807, 2.05) is 13.0 Å². The monoisotopic (exact) mass is 178 g/mol. The van der Waals surface area contributed by atoms with Crippen LogP contribution in [0.25, 0.3) is 0 Å². The van der Waals surface area contributed by atoms with E-state index in [-0.39, 0.29) is 5.54 Å². The van der Waals surface area contributed by atoms with Crippen molar-refractivity contribution >= 4 is 5.82 Å². The largest absolute Gasteiger partial charge is 0.353 e. The summed E-state index contributed by atoms with van der Waals surface area (Å²) < 4.78 is 0. The highest BCUT2D eigenvalue weighted by molar-refractivity contribution is 5.43. The maximum absolute atomic E-state index is 5.90. The Hall–Kier alpha value is -1.16. The van der Waals surface area contributed by atoms with Crippen LogP contribution in [0.1, 0.15) is 12.7 Å². The normalized spacial score (nSPS) is 19.8. The predicted octanol–water partition coefficient (Wildman–Crippen LogP) is 0.322. The molecule has 4 heteroatoms. The third kappa shape index (κ3) is 1.62. The van der Waals surface area contributed by atoms with Crippen LogP contribution >= 0.6 is 0 Å². The fraction of sp³-hybridized carbons (Fsp3) is 0.556. The zero-order chi connectivity index (χ0) is 9.47. The molecule has 1 saturated heterocycles. The van der Waals surface area contributed by atoms with Crippen LogP contribution in [0.2, 0.25) is 0 Å². The Kier molecular flexibility index (Phi) is 1.73. The Balaban J connectivity index is 2.11. The smallest absolute Gasteiger partial charge is 0.132 e. The van der Waals surface area contributed by atoms with Crippen LogP contribution in [0.5, 0.6) is 0 Å². The molecule has 0 radical (unpaired) electrons. The molecule has 0 atom stereocenters. The minimum Gasteiger partial charge on any atom is -0.353 e. The van der Waals surface area contributed by atoms with Crippen molar-refractivity contribution in [2.24, 2.45) is 5.73 Å². The summed E-state index contributed by atoms with van der Waals surface area (Å²) in [7, 11) is 0. The molecular formula is C9H14N4. The first-order valence-corrected chi connectivity index (χ1v) is 4.40. The van der Waals surface area contributed by atoms with Crippen LogP contribution in [0.15, 0.2) is 12.3 Å². The summed E-state index contributed by atoms with van der Waals surface area (Å²) in [5, 5.41) is 0. The summed E-state index contributed by atoms with van der Waals surface area (Å²) in [6.45, 7) is 5.70. The zero-order valence-electron chi connectivity index (χ0n) is 7.99. The van der Waals surface area contributed by atoms with Gasteiger partial charge in [0, 0.05) is 24.8 Å². The Bertz CT molecular complexity index is 313. The molecule has 0 unspecified atom stereocenters. The maximum Gasteiger partial charge on any atom is 0.132 e. The zero-order valence-corrected chi connectivity index (χ0v) is 7.99. The number of hydrogen-bond acceptors (Lipinski definition) is 4. The van der Waals surface area contributed by atoms with E-state index in [9.17, 15) is 0 Å². The van der Waals surface area contributed by atoms with Crippen LogP contribution in [0, 0.1) is 6.92 Å². The van der Waals surface area contributed by atoms with Gasteiger partial charge in [-0.05, 0) is 19.9 Å². The fourth-order valence-corrected chi connectivity index (χ4v) is 1.61. The van der Waals surface area contributed by atoms with Gasteiger partial charge in [-0.3, -0.25) is 0 Å². The van der Waals surface area contributed by atoms with Crippen LogP contribution in [0.4, 0.5) is 5.82 Å². The van der Waals surface area contributed by atoms with Crippen LogP contribution < -0.4 is 10.6 Å². The second-order valence-electron chi connectivity index (χ2n) is 3.97. The standard InChI is InChI=1S/C9H14N4/c1-7-11-4-3-8(12-7)13-5-9(2,10)6-13/h3-4H,5-6,10H2,1-2H3. The lowest BCUT2D eigenvalue weighted by atomic mass is 9.94. The second-order valence-corrected chi connectivity index (χ2v) is 3.97. The van der Waals surface area contributed by atoms with Gasteiger partial charge >= 0.3 is 0 Å². The first kappa shape index (κ1) is 8.44. The molecule has 0 saturated carbocycles. The molecule has 0 amide bonds. The van der Waals surface area contributed by atoms with Crippen molar-refractivity contribution in [1.29, 1.82) is 0 Å². The van der Waals surface area contributed by atoms with Gasteiger partial charge < -0.3 is 10.6 Å². The third-order valence-corrected chi connectivity index (χ3v) is 2.19. The van der Waals surface area contributed by atoms with Gasteiger partial charge in [0.05, 0.1) is 0 Å². The molecule has 1 fully saturated rings. The molecule has 1 aromatic rings. The molecule has 13 heavy (non-hydrogen) atoms. The van der Waals surface area contributed by atoms with Gasteiger partial charge in [0.25, 0.3) is 0 Å². The molecule has 0 spiro atoms. The number of rotatable bonds is 1. The highest BCUT2D eigenvalue weighted by Crippen LogP contribution is 2.23. The molecule has 2 heterocycles. The molecule has 2 N–H and O–H groups in total. The van der Waals surface area contributed by atoms with E-state index in [0.29, 0.717) is 0 Å². The van der Waals surface area contributed by atoms with Crippen molar-refractivity contribution in [1.82, 2.24) is 9.97 Å². The van der Waals surface area contributed by atoms with Gasteiger partial charge in [-0.1, -0.05) is 0 Å². The number of aryl methyl sites for hydroxylation is 1. The molecular weight excluding hydrogens is 164 g/mol. The molecule has 4 nitrogen and oxygen atoms in total. The molecule has 1 aromatic heterocycles. The SMILES string of the molecule is Cc1nccc(N2CC(C)(N)C2)n1. The topological polar surface area (TPSA) is 55.0 Å². The molecule has 0 aliphatic carbocycles. The summed E-state index contributed by atoms with van der Waals surface area (Å²) in [5.74, 6) is 1.79. The number of nitrogens with two attached hydrogens (primary N) is 1. The second kappa shape index (κ2) is 2.67. The molecule has 70 valence electrons. The van der Waals surface area contributed by atoms with Crippen LogP contribution in [-0.4, -0.2) is 28.6 Å². The highest BCUT2D eigenvalue weighted by atomic mass is 15.3. The van der Waals surface area contributed by atoms with Crippen molar-refractivity contribution < 1.29 is 0 Å². The van der Waals surface area contributed by atoms with Crippen molar-refractivity contribution in [3.63, 3.8) is 0 Å². The van der Waals surface area contributed by atoms with Crippen molar-refractivity contribution in [2.75, 3.05) is 18.0 Å². The average molecular weight is 178 g/mol. The Morgan fingerprint density at radius 1 is 1.54 bits per heavy atom. The highest BCUT2D eigenvalue weighted by Gasteiger charge is 2.35. The molecule has 1 aliphatic heterocycles. The van der Waals surface area contributed by atoms with E-state index in [0.717, 1.165) is 24.7 Å². The van der Waals surface area contributed by atoms with Gasteiger partial charge in [0.2, 0.25) is 0 Å². The lowest BCUT2D eigenvalue weighted by Gasteiger charge is -2.46. The predicted molar refractivity (Wildman–Crippen MR) is 51.6 cm³/mol. The van der Waals surface area contributed by atoms with E-state index >= 15 is 0 Å². The molecule has 0 bridgehead atoms. The maximum atomic E-state index is 5.90. The van der Waals surface area contributed by atoms with Crippen LogP contribution in [-0.2, 0) is 0 Å². The first-order valence-electron chi connectivity index (χ1n) is 4.40. The lowest BCUT2D eigenvalue weighted by Crippen LogP contribution is -2.65. The number of hydrogen-bond donors (Lipinski definition) is 1. The van der Waals surface area contributed by atoms with Crippen LogP contribution in [0.3, 0.4) is 0 Å². The summed E-state index contributed by atoms with van der Waals surface area (Å²) in [4.78, 5) is 10.5. The number of nitrogens with zero attached hydrogens (tertiary/aromatic N) is 3. The van der Waals surface area contributed by atoms with Gasteiger partial charge in [0.1, 0.15) is 11.6 Å². The Morgan fingerprint density at radius 2 is 2.23 bits per heavy atom. The van der Waals surface area contributed by atoms with Crippen molar-refractivity contribution in [3.8, 4) is 0 Å². The van der Waals surface area contributed by atoms with Gasteiger partial charge in [-0.15, -0.1) is 0 Å². The van der Waals surface area contributed by atoms with E-state index < -0.39 is 0 Å². The van der Waals surface area contributed by atoms with E-state index in [1.54, 1.807) is 6.20 Å². The molecule has 2 rings (SSSR count). The van der Waals surface area contributed by atoms with E-state index in [2.05, 4.69) is 21.8 Å². The molecule has 0 aromatic carbocycles. The molecule has 1 aliphatic rings. The Morgan fingerprint density at radius 3 is 2.77 bits per heavy atom. The quantitative estimate of drug-likeness (QED) is 0.673. The Labute approximate surface area is 77.8 Å². The minimum atomic E-state index is -0.0428. The summed E-state index contributed by atoms with van der Waals surface area (Å²) in [6.07, 6.45) is 1.78. The average Bonchev–Trinajstić information content (AvgIpc) is 2.00. The van der Waals surface area contributed by atoms with Crippen molar-refractivity contribution in [3.05, 3.63) is 18.1 Å². The fourth-order valence-electron chi connectivity index (χ4n) is 1.61. The number of aromatic nitrogens is 2. The first-order chi connectivity index (χ1) is 6.07. The van der Waals surface area contributed by atoms with Gasteiger partial charge in [-0.25, -0.2) is 9.97 Å². The summed E-state index contributed by atoms with van der Waals surface area (Å²) in [6, 6.07) is 1.92. The van der Waals surface area contributed by atoms with Crippen molar-refractivity contribution in [2.45, 2.75) is 19.4 Å². The summed E-state index contributed by atoms with van der Waals surface area (Å²) >= 11 is 0. The van der Waals surface area contributed by atoms with E-state index in [4.69, 9.17) is 5.73 Å². The summed E-state index contributed by atoms with van der Waals surface area (Å²) in [5.41, 5.74) is 5.86. The van der Waals surface area contributed by atoms with E-state index in [1.165, 1.54) is 0 Å². The number of anilines is 1. The minimum absolute atomic E-state index is 0.0428.